The molecular formula is C6H7IN4O. The molecule has 1 aliphatic rings. The minimum atomic E-state index is -0.297. The molecule has 0 unspecified atom stereocenters. The number of hydrogen-bond acceptors (Lipinski definition) is 5. The Bertz CT molecular complexity index is 340. The lowest BCUT2D eigenvalue weighted by Gasteiger charge is -2.06. The quantitative estimate of drug-likeness (QED) is 0.578. The fraction of sp³-hybridized carbons (Fsp3) is 0.333. The Balaban J connectivity index is 2.57. The summed E-state index contributed by atoms with van der Waals surface area (Å²) < 4.78 is 11.4. The lowest BCUT2D eigenvalue weighted by atomic mass is 10.4. The number of ether oxygens (including phenoxy) is 1. The molecule has 2 rings (SSSR count). The van der Waals surface area contributed by atoms with E-state index in [0.29, 0.717) is 5.88 Å². The van der Waals surface area contributed by atoms with Gasteiger partial charge in [-0.3, -0.25) is 3.11 Å². The Hall–Kier alpha value is -0.790. The first-order valence-electron chi connectivity index (χ1n) is 3.31. The maximum Gasteiger partial charge on any atom is 0.245 e. The lowest BCUT2D eigenvalue weighted by Crippen LogP contribution is -2.01. The lowest BCUT2D eigenvalue weighted by molar-refractivity contribution is 0.399. The largest absolute Gasteiger partial charge is 0.479 e. The zero-order chi connectivity index (χ0) is 8.55. The van der Waals surface area contributed by atoms with Crippen molar-refractivity contribution in [3.8, 4) is 5.88 Å². The Morgan fingerprint density at radius 2 is 2.33 bits per heavy atom. The highest BCUT2D eigenvalue weighted by Crippen LogP contribution is 2.43. The summed E-state index contributed by atoms with van der Waals surface area (Å²) >= 11 is -0.297. The van der Waals surface area contributed by atoms with Crippen LogP contribution in [0.15, 0.2) is 9.47 Å². The summed E-state index contributed by atoms with van der Waals surface area (Å²) in [4.78, 5) is 8.08. The van der Waals surface area contributed by atoms with Gasteiger partial charge in [-0.25, -0.2) is 4.98 Å². The van der Waals surface area contributed by atoms with E-state index in [1.807, 2.05) is 7.05 Å². The molecule has 0 spiro atoms. The van der Waals surface area contributed by atoms with E-state index in [0.717, 1.165) is 11.5 Å². The number of anilines is 1. The summed E-state index contributed by atoms with van der Waals surface area (Å²) in [5.74, 6) is 1.46. The van der Waals surface area contributed by atoms with Crippen LogP contribution in [-0.4, -0.2) is 24.1 Å². The molecule has 1 aromatic heterocycles. The number of hydrogen-bond donors (Lipinski definition) is 0. The van der Waals surface area contributed by atoms with Gasteiger partial charge in [0.15, 0.2) is 11.5 Å². The zero-order valence-corrected chi connectivity index (χ0v) is 8.81. The number of fused-ring (bicyclic) bond motifs is 1. The molecule has 64 valence electrons. The first-order valence-corrected chi connectivity index (χ1v) is 5.24. The number of rotatable bonds is 1. The molecule has 0 saturated carbocycles. The van der Waals surface area contributed by atoms with Crippen LogP contribution in [0, 0.1) is 0 Å². The molecule has 0 radical (unpaired) electrons. The number of aromatic nitrogens is 2. The van der Waals surface area contributed by atoms with Crippen LogP contribution in [0.2, 0.25) is 0 Å². The van der Waals surface area contributed by atoms with E-state index in [1.54, 1.807) is 7.11 Å². The van der Waals surface area contributed by atoms with E-state index < -0.39 is 0 Å². The predicted octanol–water partition coefficient (Wildman–Crippen LogP) is 1.64. The summed E-state index contributed by atoms with van der Waals surface area (Å²) in [6.07, 6.45) is 1.50. The maximum absolute atomic E-state index is 5.05. The van der Waals surface area contributed by atoms with E-state index in [2.05, 4.69) is 16.2 Å². The van der Waals surface area contributed by atoms with Gasteiger partial charge < -0.3 is 4.74 Å². The van der Waals surface area contributed by atoms with Gasteiger partial charge in [0, 0.05) is 7.05 Å². The van der Waals surface area contributed by atoms with Gasteiger partial charge in [-0.2, -0.15) is 8.13 Å². The monoisotopic (exact) mass is 278 g/mol. The van der Waals surface area contributed by atoms with Crippen molar-refractivity contribution in [1.29, 1.82) is 0 Å². The van der Waals surface area contributed by atoms with Crippen LogP contribution in [0.4, 0.5) is 11.5 Å². The average Bonchev–Trinajstić information content (AvgIpc) is 2.48. The van der Waals surface area contributed by atoms with Gasteiger partial charge in [-0.05, 0) is 0 Å². The minimum absolute atomic E-state index is 0.297. The van der Waals surface area contributed by atoms with Crippen LogP contribution >= 0.6 is 21.3 Å². The first kappa shape index (κ1) is 7.84. The third kappa shape index (κ3) is 1.06. The molecule has 5 nitrogen and oxygen atoms in total. The Kier molecular flexibility index (Phi) is 1.91. The molecule has 1 aliphatic heterocycles. The van der Waals surface area contributed by atoms with Gasteiger partial charge in [-0.15, -0.1) is 0 Å². The molecule has 0 saturated heterocycles. The van der Waals surface area contributed by atoms with Gasteiger partial charge >= 0.3 is 0 Å². The smallest absolute Gasteiger partial charge is 0.245 e. The van der Waals surface area contributed by atoms with E-state index >= 15 is 0 Å². The zero-order valence-electron chi connectivity index (χ0n) is 6.65. The van der Waals surface area contributed by atoms with Crippen molar-refractivity contribution in [2.75, 3.05) is 17.3 Å². The molecule has 0 aromatic carbocycles. The summed E-state index contributed by atoms with van der Waals surface area (Å²) in [6, 6.07) is 0. The second-order valence-electron chi connectivity index (χ2n) is 2.19. The third-order valence-electron chi connectivity index (χ3n) is 1.49. The second-order valence-corrected chi connectivity index (χ2v) is 4.55. The molecule has 0 bridgehead atoms. The van der Waals surface area contributed by atoms with Gasteiger partial charge in [0.25, 0.3) is 0 Å². The summed E-state index contributed by atoms with van der Waals surface area (Å²) in [7, 11) is 3.57. The first-order chi connectivity index (χ1) is 5.83. The number of nitrogens with zero attached hydrogens (tertiary/aromatic N) is 4. The standard InChI is InChI=1S/C6H7IN4O/c1-11-5-4(10-7-11)6(12-2)9-3-8-5/h3H,1-2H3. The Labute approximate surface area is 80.3 Å². The van der Waals surface area contributed by atoms with Crippen molar-refractivity contribution in [3.05, 3.63) is 6.33 Å². The summed E-state index contributed by atoms with van der Waals surface area (Å²) in [6.45, 7) is 0. The predicted molar refractivity (Wildman–Crippen MR) is 53.1 cm³/mol. The third-order valence-corrected chi connectivity index (χ3v) is 3.29. The van der Waals surface area contributed by atoms with Crippen LogP contribution < -0.4 is 7.85 Å². The molecule has 0 amide bonds. The van der Waals surface area contributed by atoms with E-state index in [1.165, 1.54) is 6.33 Å². The fourth-order valence-corrected chi connectivity index (χ4v) is 2.45. The average molecular weight is 278 g/mol. The van der Waals surface area contributed by atoms with Gasteiger partial charge in [0.05, 0.1) is 7.11 Å². The van der Waals surface area contributed by atoms with Gasteiger partial charge in [0.1, 0.15) is 27.6 Å². The number of methoxy groups -OCH3 is 1. The highest BCUT2D eigenvalue weighted by atomic mass is 127. The SMILES string of the molecule is COc1ncnc2c1N=IN2C. The topological polar surface area (TPSA) is 50.6 Å². The molecule has 0 N–H and O–H groups in total. The van der Waals surface area contributed by atoms with Crippen LogP contribution in [-0.2, 0) is 0 Å². The van der Waals surface area contributed by atoms with Crippen LogP contribution in [0.5, 0.6) is 5.88 Å². The van der Waals surface area contributed by atoms with Crippen LogP contribution in [0.1, 0.15) is 0 Å². The molecule has 2 heterocycles. The van der Waals surface area contributed by atoms with E-state index in [4.69, 9.17) is 4.74 Å². The number of halogens is 1. The Morgan fingerprint density at radius 1 is 1.50 bits per heavy atom. The normalized spacial score (nSPS) is 14.0. The van der Waals surface area contributed by atoms with Crippen LogP contribution in [0.25, 0.3) is 0 Å². The van der Waals surface area contributed by atoms with Gasteiger partial charge in [-0.1, -0.05) is 0 Å². The minimum Gasteiger partial charge on any atom is -0.479 e. The van der Waals surface area contributed by atoms with Crippen molar-refractivity contribution in [2.24, 2.45) is 3.15 Å². The second kappa shape index (κ2) is 2.92. The van der Waals surface area contributed by atoms with Crippen molar-refractivity contribution in [3.63, 3.8) is 0 Å². The Morgan fingerprint density at radius 3 is 3.08 bits per heavy atom. The van der Waals surface area contributed by atoms with E-state index in [9.17, 15) is 0 Å². The van der Waals surface area contributed by atoms with Crippen molar-refractivity contribution >= 4 is 32.8 Å². The van der Waals surface area contributed by atoms with Crippen LogP contribution in [0.3, 0.4) is 0 Å². The molecule has 0 aliphatic carbocycles. The van der Waals surface area contributed by atoms with Gasteiger partial charge in [0.2, 0.25) is 5.88 Å². The molecule has 0 atom stereocenters. The van der Waals surface area contributed by atoms with Crippen molar-refractivity contribution in [1.82, 2.24) is 9.97 Å². The maximum atomic E-state index is 5.05. The highest BCUT2D eigenvalue weighted by Gasteiger charge is 2.19. The molecule has 12 heavy (non-hydrogen) atoms. The summed E-state index contributed by atoms with van der Waals surface area (Å²) in [5, 5.41) is 0. The van der Waals surface area contributed by atoms with E-state index in [-0.39, 0.29) is 21.3 Å². The molecule has 0 fully saturated rings. The van der Waals surface area contributed by atoms with Crippen molar-refractivity contribution in [2.45, 2.75) is 0 Å². The summed E-state index contributed by atoms with van der Waals surface area (Å²) in [5.41, 5.74) is 0.801. The molecular weight excluding hydrogens is 271 g/mol. The fourth-order valence-electron chi connectivity index (χ4n) is 0.933. The van der Waals surface area contributed by atoms with Crippen molar-refractivity contribution < 1.29 is 4.74 Å². The molecule has 1 aromatic rings. The molecule has 6 heteroatoms. The highest BCUT2D eigenvalue weighted by molar-refractivity contribution is 14.2.